The zero-order chi connectivity index (χ0) is 13.9. The molecule has 1 aliphatic carbocycles. The largest absolute Gasteiger partial charge is 0.0625 e. The first-order valence-electron chi connectivity index (χ1n) is 8.09. The molecular formula is C19H30. The van der Waals surface area contributed by atoms with Crippen LogP contribution in [0.1, 0.15) is 70.9 Å². The van der Waals surface area contributed by atoms with E-state index in [4.69, 9.17) is 0 Å². The van der Waals surface area contributed by atoms with E-state index in [1.54, 1.807) is 0 Å². The molecule has 0 nitrogen and oxygen atoms in total. The first-order chi connectivity index (χ1) is 9.00. The topological polar surface area (TPSA) is 0 Å². The molecule has 106 valence electrons. The number of benzene rings is 1. The van der Waals surface area contributed by atoms with E-state index < -0.39 is 0 Å². The minimum Gasteiger partial charge on any atom is -0.0625 e. The fourth-order valence-electron chi connectivity index (χ4n) is 3.60. The Bertz CT molecular complexity index is 377. The maximum absolute atomic E-state index is 2.44. The highest BCUT2D eigenvalue weighted by atomic mass is 14.4. The highest BCUT2D eigenvalue weighted by molar-refractivity contribution is 5.29. The summed E-state index contributed by atoms with van der Waals surface area (Å²) in [7, 11) is 0. The Morgan fingerprint density at radius 1 is 1.00 bits per heavy atom. The van der Waals surface area contributed by atoms with Crippen LogP contribution in [0, 0.1) is 11.8 Å². The minimum atomic E-state index is 0.344. The van der Waals surface area contributed by atoms with Crippen molar-refractivity contribution in [3.63, 3.8) is 0 Å². The summed E-state index contributed by atoms with van der Waals surface area (Å²) in [6, 6.07) is 9.46. The monoisotopic (exact) mass is 258 g/mol. The highest BCUT2D eigenvalue weighted by Gasteiger charge is 2.31. The SMILES string of the molecule is CC(C)Cc1ccc(C(C)(C)C2CCCCC2)cc1. The van der Waals surface area contributed by atoms with Crippen molar-refractivity contribution in [1.29, 1.82) is 0 Å². The van der Waals surface area contributed by atoms with Gasteiger partial charge in [0.1, 0.15) is 0 Å². The van der Waals surface area contributed by atoms with Crippen LogP contribution in [-0.4, -0.2) is 0 Å². The van der Waals surface area contributed by atoms with Crippen LogP contribution in [0.15, 0.2) is 24.3 Å². The summed E-state index contributed by atoms with van der Waals surface area (Å²) in [5.74, 6) is 1.62. The van der Waals surface area contributed by atoms with E-state index in [2.05, 4.69) is 52.0 Å². The first-order valence-corrected chi connectivity index (χ1v) is 8.09. The molecule has 0 aromatic heterocycles. The molecule has 0 heterocycles. The normalized spacial score (nSPS) is 17.9. The van der Waals surface area contributed by atoms with E-state index in [0.717, 1.165) is 11.8 Å². The number of rotatable bonds is 4. The van der Waals surface area contributed by atoms with Crippen molar-refractivity contribution < 1.29 is 0 Å². The van der Waals surface area contributed by atoms with Gasteiger partial charge in [-0.05, 0) is 47.6 Å². The maximum Gasteiger partial charge on any atom is -0.00753 e. The van der Waals surface area contributed by atoms with Crippen LogP contribution in [0.3, 0.4) is 0 Å². The lowest BCUT2D eigenvalue weighted by Gasteiger charge is -2.37. The lowest BCUT2D eigenvalue weighted by atomic mass is 9.67. The van der Waals surface area contributed by atoms with Gasteiger partial charge in [-0.1, -0.05) is 71.2 Å². The van der Waals surface area contributed by atoms with Crippen LogP contribution in [0.2, 0.25) is 0 Å². The molecule has 0 saturated heterocycles. The van der Waals surface area contributed by atoms with Gasteiger partial charge in [-0.25, -0.2) is 0 Å². The zero-order valence-corrected chi connectivity index (χ0v) is 13.2. The molecule has 0 heteroatoms. The molecule has 1 fully saturated rings. The molecule has 1 aliphatic rings. The third-order valence-electron chi connectivity index (χ3n) is 4.97. The van der Waals surface area contributed by atoms with Gasteiger partial charge in [-0.15, -0.1) is 0 Å². The molecule has 19 heavy (non-hydrogen) atoms. The second-order valence-corrected chi connectivity index (χ2v) is 7.35. The second-order valence-electron chi connectivity index (χ2n) is 7.35. The summed E-state index contributed by atoms with van der Waals surface area (Å²) in [4.78, 5) is 0. The number of hydrogen-bond acceptors (Lipinski definition) is 0. The van der Waals surface area contributed by atoms with Crippen LogP contribution in [0.5, 0.6) is 0 Å². The van der Waals surface area contributed by atoms with Crippen molar-refractivity contribution in [3.8, 4) is 0 Å². The predicted molar refractivity (Wildman–Crippen MR) is 84.6 cm³/mol. The van der Waals surface area contributed by atoms with Gasteiger partial charge < -0.3 is 0 Å². The molecule has 1 aromatic rings. The maximum atomic E-state index is 2.44. The van der Waals surface area contributed by atoms with Crippen molar-refractivity contribution >= 4 is 0 Å². The lowest BCUT2D eigenvalue weighted by molar-refractivity contribution is 0.236. The summed E-state index contributed by atoms with van der Waals surface area (Å²) >= 11 is 0. The third-order valence-corrected chi connectivity index (χ3v) is 4.97. The molecule has 0 atom stereocenters. The quantitative estimate of drug-likeness (QED) is 0.645. The molecule has 0 amide bonds. The first kappa shape index (κ1) is 14.6. The van der Waals surface area contributed by atoms with E-state index in [9.17, 15) is 0 Å². The molecule has 0 spiro atoms. The van der Waals surface area contributed by atoms with E-state index in [-0.39, 0.29) is 0 Å². The van der Waals surface area contributed by atoms with Crippen molar-refractivity contribution in [2.24, 2.45) is 11.8 Å². The van der Waals surface area contributed by atoms with E-state index in [0.29, 0.717) is 5.41 Å². The van der Waals surface area contributed by atoms with Crippen molar-refractivity contribution in [3.05, 3.63) is 35.4 Å². The summed E-state index contributed by atoms with van der Waals surface area (Å²) < 4.78 is 0. The molecule has 0 radical (unpaired) electrons. The molecule has 0 bridgehead atoms. The second kappa shape index (κ2) is 6.11. The van der Waals surface area contributed by atoms with Crippen molar-refractivity contribution in [2.75, 3.05) is 0 Å². The Labute approximate surface area is 119 Å². The molecule has 1 saturated carbocycles. The Morgan fingerprint density at radius 3 is 2.11 bits per heavy atom. The summed E-state index contributed by atoms with van der Waals surface area (Å²) in [6.45, 7) is 9.47. The van der Waals surface area contributed by atoms with Crippen LogP contribution < -0.4 is 0 Å². The van der Waals surface area contributed by atoms with E-state index in [1.807, 2.05) is 0 Å². The Hall–Kier alpha value is -0.780. The average Bonchev–Trinajstić information content (AvgIpc) is 2.40. The van der Waals surface area contributed by atoms with Gasteiger partial charge in [0.2, 0.25) is 0 Å². The van der Waals surface area contributed by atoms with Crippen LogP contribution >= 0.6 is 0 Å². The number of hydrogen-bond donors (Lipinski definition) is 0. The minimum absolute atomic E-state index is 0.344. The third kappa shape index (κ3) is 3.61. The Balaban J connectivity index is 2.11. The molecule has 1 aromatic carbocycles. The van der Waals surface area contributed by atoms with Gasteiger partial charge in [-0.3, -0.25) is 0 Å². The molecule has 2 rings (SSSR count). The predicted octanol–water partition coefficient (Wildman–Crippen LogP) is 5.74. The van der Waals surface area contributed by atoms with Crippen LogP contribution in [0.4, 0.5) is 0 Å². The van der Waals surface area contributed by atoms with Crippen molar-refractivity contribution in [2.45, 2.75) is 71.6 Å². The van der Waals surface area contributed by atoms with Gasteiger partial charge in [-0.2, -0.15) is 0 Å². The van der Waals surface area contributed by atoms with Crippen LogP contribution in [-0.2, 0) is 11.8 Å². The van der Waals surface area contributed by atoms with Gasteiger partial charge in [0.25, 0.3) is 0 Å². The summed E-state index contributed by atoms with van der Waals surface area (Å²) in [5, 5.41) is 0. The molecule has 0 N–H and O–H groups in total. The van der Waals surface area contributed by atoms with Gasteiger partial charge in [0.05, 0.1) is 0 Å². The van der Waals surface area contributed by atoms with Gasteiger partial charge in [0.15, 0.2) is 0 Å². The van der Waals surface area contributed by atoms with E-state index >= 15 is 0 Å². The molecular weight excluding hydrogens is 228 g/mol. The molecule has 0 unspecified atom stereocenters. The smallest absolute Gasteiger partial charge is 0.00753 e. The lowest BCUT2D eigenvalue weighted by Crippen LogP contribution is -2.30. The fourth-order valence-corrected chi connectivity index (χ4v) is 3.60. The van der Waals surface area contributed by atoms with Gasteiger partial charge >= 0.3 is 0 Å². The zero-order valence-electron chi connectivity index (χ0n) is 13.2. The molecule has 0 aliphatic heterocycles. The van der Waals surface area contributed by atoms with Crippen molar-refractivity contribution in [1.82, 2.24) is 0 Å². The van der Waals surface area contributed by atoms with Crippen LogP contribution in [0.25, 0.3) is 0 Å². The summed E-state index contributed by atoms with van der Waals surface area (Å²) in [5.41, 5.74) is 3.36. The summed E-state index contributed by atoms with van der Waals surface area (Å²) in [6.07, 6.45) is 8.34. The van der Waals surface area contributed by atoms with Gasteiger partial charge in [0, 0.05) is 0 Å². The highest BCUT2D eigenvalue weighted by Crippen LogP contribution is 2.40. The Morgan fingerprint density at radius 2 is 1.58 bits per heavy atom. The standard InChI is InChI=1S/C19H30/c1-15(2)14-16-10-12-18(13-11-16)19(3,4)17-8-6-5-7-9-17/h10-13,15,17H,5-9,14H2,1-4H3. The van der Waals surface area contributed by atoms with E-state index in [1.165, 1.54) is 49.7 Å². The fraction of sp³-hybridized carbons (Fsp3) is 0.684. The Kier molecular flexibility index (Phi) is 4.71. The average molecular weight is 258 g/mol.